The van der Waals surface area contributed by atoms with Crippen molar-refractivity contribution in [1.82, 2.24) is 0 Å². The molecule has 0 spiro atoms. The van der Waals surface area contributed by atoms with Gasteiger partial charge in [0.05, 0.1) is 0 Å². The van der Waals surface area contributed by atoms with Crippen LogP contribution in [-0.4, -0.2) is 0 Å². The van der Waals surface area contributed by atoms with E-state index in [0.29, 0.717) is 0 Å². The van der Waals surface area contributed by atoms with Crippen LogP contribution in [0.15, 0.2) is 0 Å². The molecule has 0 saturated carbocycles. The third-order valence-electron chi connectivity index (χ3n) is 0. The van der Waals surface area contributed by atoms with E-state index in [4.69, 9.17) is 0 Å². The molecule has 30 valence electrons. The Kier molecular flexibility index (Phi) is 9.05. The standard InChI is InChI=1S/C4H9.Hf/c1-4(2)3;/h1-3H3;/q-1;. The van der Waals surface area contributed by atoms with E-state index in [1.807, 2.05) is 0 Å². The van der Waals surface area contributed by atoms with E-state index in [2.05, 4.69) is 20.8 Å². The summed E-state index contributed by atoms with van der Waals surface area (Å²) in [6, 6.07) is 0. The van der Waals surface area contributed by atoms with Crippen molar-refractivity contribution in [1.29, 1.82) is 0 Å². The summed E-state index contributed by atoms with van der Waals surface area (Å²) in [6.45, 7) is 6.25. The SMILES string of the molecule is C[C-](C)C.[Hf]. The molecule has 0 aliphatic rings. The zero-order valence-electron chi connectivity index (χ0n) is 4.00. The normalized spacial score (nSPS) is 7.20. The van der Waals surface area contributed by atoms with E-state index in [-0.39, 0.29) is 25.8 Å². The summed E-state index contributed by atoms with van der Waals surface area (Å²) in [5, 5.41) is 0. The van der Waals surface area contributed by atoms with Crippen LogP contribution in [0.1, 0.15) is 20.8 Å². The maximum Gasteiger partial charge on any atom is 0 e. The Labute approximate surface area is 52.7 Å². The molecule has 0 radical (unpaired) electrons. The second-order valence-electron chi connectivity index (χ2n) is 1.50. The Morgan fingerprint density at radius 3 is 1.00 bits per heavy atom. The zero-order chi connectivity index (χ0) is 3.58. The molecule has 0 aromatic rings. The molecule has 5 heavy (non-hydrogen) atoms. The van der Waals surface area contributed by atoms with Gasteiger partial charge in [-0.3, -0.25) is 0 Å². The third-order valence-corrected chi connectivity index (χ3v) is 0. The van der Waals surface area contributed by atoms with Gasteiger partial charge in [0.25, 0.3) is 0 Å². The van der Waals surface area contributed by atoms with Crippen LogP contribution in [-0.2, 0) is 25.8 Å². The predicted molar refractivity (Wildman–Crippen MR) is 20.3 cm³/mol. The fourth-order valence-corrected chi connectivity index (χ4v) is 0. The van der Waals surface area contributed by atoms with Gasteiger partial charge in [-0.25, -0.2) is 0 Å². The van der Waals surface area contributed by atoms with Crippen molar-refractivity contribution in [3.8, 4) is 0 Å². The molecule has 1 heteroatoms. The fourth-order valence-electron chi connectivity index (χ4n) is 0. The van der Waals surface area contributed by atoms with Crippen LogP contribution in [0.25, 0.3) is 0 Å². The molecule has 0 unspecified atom stereocenters. The summed E-state index contributed by atoms with van der Waals surface area (Å²) in [5.41, 5.74) is 0. The monoisotopic (exact) mass is 237 g/mol. The summed E-state index contributed by atoms with van der Waals surface area (Å²) in [5.74, 6) is 1.42. The van der Waals surface area contributed by atoms with Gasteiger partial charge in [-0.2, -0.15) is 20.8 Å². The topological polar surface area (TPSA) is 0 Å². The Hall–Kier alpha value is 0.870. The number of hydrogen-bond donors (Lipinski definition) is 0. The molecule has 0 amide bonds. The van der Waals surface area contributed by atoms with Crippen LogP contribution in [0.5, 0.6) is 0 Å². The van der Waals surface area contributed by atoms with Gasteiger partial charge in [-0.05, 0) is 0 Å². The molecule has 0 fully saturated rings. The van der Waals surface area contributed by atoms with E-state index < -0.39 is 0 Å². The van der Waals surface area contributed by atoms with Gasteiger partial charge >= 0.3 is 0 Å². The molecule has 0 nitrogen and oxygen atoms in total. The third kappa shape index (κ3) is 53.0. The molecular weight excluding hydrogens is 227 g/mol. The molecule has 0 atom stereocenters. The van der Waals surface area contributed by atoms with Crippen LogP contribution in [0.3, 0.4) is 0 Å². The van der Waals surface area contributed by atoms with Crippen molar-refractivity contribution in [3.05, 3.63) is 5.92 Å². The minimum absolute atomic E-state index is 0. The predicted octanol–water partition coefficient (Wildman–Crippen LogP) is 1.62. The smallest absolute Gasteiger partial charge is 0 e. The van der Waals surface area contributed by atoms with E-state index >= 15 is 0 Å². The summed E-state index contributed by atoms with van der Waals surface area (Å²) >= 11 is 0. The second-order valence-corrected chi connectivity index (χ2v) is 1.50. The molecule has 0 saturated heterocycles. The van der Waals surface area contributed by atoms with Gasteiger partial charge in [-0.1, -0.05) is 0 Å². The van der Waals surface area contributed by atoms with Crippen LogP contribution in [0.4, 0.5) is 0 Å². The van der Waals surface area contributed by atoms with Gasteiger partial charge in [0, 0.05) is 25.8 Å². The summed E-state index contributed by atoms with van der Waals surface area (Å²) < 4.78 is 0. The van der Waals surface area contributed by atoms with Crippen molar-refractivity contribution >= 4 is 0 Å². The number of hydrogen-bond acceptors (Lipinski definition) is 0. The van der Waals surface area contributed by atoms with Crippen LogP contribution < -0.4 is 0 Å². The Balaban J connectivity index is 0. The first kappa shape index (κ1) is 9.30. The van der Waals surface area contributed by atoms with Crippen molar-refractivity contribution in [3.63, 3.8) is 0 Å². The zero-order valence-corrected chi connectivity index (χ0v) is 7.59. The summed E-state index contributed by atoms with van der Waals surface area (Å²) in [4.78, 5) is 0. The maximum absolute atomic E-state index is 2.08. The van der Waals surface area contributed by atoms with Crippen LogP contribution in [0, 0.1) is 5.92 Å². The quantitative estimate of drug-likeness (QED) is 0.442. The Bertz CT molecular complexity index is 8.36. The van der Waals surface area contributed by atoms with Crippen molar-refractivity contribution < 1.29 is 25.8 Å². The Morgan fingerprint density at radius 2 is 1.00 bits per heavy atom. The van der Waals surface area contributed by atoms with Crippen LogP contribution >= 0.6 is 0 Å². The van der Waals surface area contributed by atoms with Gasteiger partial charge in [0.1, 0.15) is 0 Å². The maximum atomic E-state index is 2.08. The van der Waals surface area contributed by atoms with Crippen molar-refractivity contribution in [2.24, 2.45) is 0 Å². The second kappa shape index (κ2) is 4.87. The average Bonchev–Trinajstić information content (AvgIpc) is 0.811. The minimum atomic E-state index is 0. The molecule has 0 aliphatic heterocycles. The first-order valence-electron chi connectivity index (χ1n) is 1.50. The Morgan fingerprint density at radius 1 is 1.00 bits per heavy atom. The summed E-state index contributed by atoms with van der Waals surface area (Å²) in [6.07, 6.45) is 0. The largest absolute Gasteiger partial charge is 0.323 e. The molecule has 0 N–H and O–H groups in total. The van der Waals surface area contributed by atoms with Gasteiger partial charge < -0.3 is 5.92 Å². The number of rotatable bonds is 0. The molecule has 0 bridgehead atoms. The molecule has 0 aromatic carbocycles. The molecular formula is C4H9Hf-. The first-order valence-corrected chi connectivity index (χ1v) is 1.50. The molecule has 0 aliphatic carbocycles. The van der Waals surface area contributed by atoms with E-state index in [1.165, 1.54) is 5.92 Å². The van der Waals surface area contributed by atoms with Crippen molar-refractivity contribution in [2.75, 3.05) is 0 Å². The minimum Gasteiger partial charge on any atom is -0.323 e. The summed E-state index contributed by atoms with van der Waals surface area (Å²) in [7, 11) is 0. The van der Waals surface area contributed by atoms with E-state index in [1.54, 1.807) is 0 Å². The average molecular weight is 236 g/mol. The first-order chi connectivity index (χ1) is 1.73. The van der Waals surface area contributed by atoms with E-state index in [9.17, 15) is 0 Å². The van der Waals surface area contributed by atoms with Gasteiger partial charge in [0.15, 0.2) is 0 Å². The molecule has 0 aromatic heterocycles. The van der Waals surface area contributed by atoms with E-state index in [0.717, 1.165) is 0 Å². The molecule has 0 heterocycles. The van der Waals surface area contributed by atoms with Gasteiger partial charge in [-0.15, -0.1) is 0 Å². The fraction of sp³-hybridized carbons (Fsp3) is 0.750. The van der Waals surface area contributed by atoms with Crippen LogP contribution in [0.2, 0.25) is 0 Å². The molecule has 0 rings (SSSR count). The van der Waals surface area contributed by atoms with Gasteiger partial charge in [0.2, 0.25) is 0 Å². The van der Waals surface area contributed by atoms with Crippen molar-refractivity contribution in [2.45, 2.75) is 20.8 Å².